The first-order valence-electron chi connectivity index (χ1n) is 7.76. The maximum Gasteiger partial charge on any atom is 0.242 e. The predicted molar refractivity (Wildman–Crippen MR) is 87.4 cm³/mol. The van der Waals surface area contributed by atoms with Gasteiger partial charge < -0.3 is 0 Å². The predicted octanol–water partition coefficient (Wildman–Crippen LogP) is 4.35. The van der Waals surface area contributed by atoms with Gasteiger partial charge in [-0.15, -0.1) is 0 Å². The number of carbonyl (C=O) groups excluding carboxylic acids is 2. The SMILES string of the molecule is CCCCC1C(=O)c2ccccc2N(c2ccccc2)C1=O. The second kappa shape index (κ2) is 6.14. The fraction of sp³-hybridized carbons (Fsp3) is 0.263. The number of benzene rings is 2. The van der Waals surface area contributed by atoms with Crippen molar-refractivity contribution in [2.45, 2.75) is 26.2 Å². The van der Waals surface area contributed by atoms with Crippen LogP contribution in [-0.2, 0) is 4.79 Å². The van der Waals surface area contributed by atoms with Crippen molar-refractivity contribution in [1.29, 1.82) is 0 Å². The number of Topliss-reactive ketones (excluding diaryl/α,β-unsaturated/α-hetero) is 1. The number of amides is 1. The Hall–Kier alpha value is -2.42. The summed E-state index contributed by atoms with van der Waals surface area (Å²) in [6.07, 6.45) is 2.48. The lowest BCUT2D eigenvalue weighted by Crippen LogP contribution is -2.42. The number of carbonyl (C=O) groups is 2. The summed E-state index contributed by atoms with van der Waals surface area (Å²) in [5.41, 5.74) is 2.15. The molecule has 0 saturated heterocycles. The Labute approximate surface area is 130 Å². The fourth-order valence-corrected chi connectivity index (χ4v) is 2.96. The van der Waals surface area contributed by atoms with E-state index in [2.05, 4.69) is 6.92 Å². The van der Waals surface area contributed by atoms with Gasteiger partial charge in [0.2, 0.25) is 5.91 Å². The van der Waals surface area contributed by atoms with E-state index in [4.69, 9.17) is 0 Å². The zero-order valence-corrected chi connectivity index (χ0v) is 12.7. The lowest BCUT2D eigenvalue weighted by Gasteiger charge is -2.33. The second-order valence-corrected chi connectivity index (χ2v) is 5.59. The average molecular weight is 293 g/mol. The first kappa shape index (κ1) is 14.5. The molecule has 1 aliphatic heterocycles. The molecule has 0 N–H and O–H groups in total. The van der Waals surface area contributed by atoms with E-state index in [1.165, 1.54) is 0 Å². The van der Waals surface area contributed by atoms with Crippen LogP contribution in [0.25, 0.3) is 0 Å². The Morgan fingerprint density at radius 1 is 0.955 bits per heavy atom. The molecule has 0 bridgehead atoms. The Bertz CT molecular complexity index is 694. The first-order valence-corrected chi connectivity index (χ1v) is 7.76. The van der Waals surface area contributed by atoms with Crippen LogP contribution in [0.3, 0.4) is 0 Å². The largest absolute Gasteiger partial charge is 0.293 e. The van der Waals surface area contributed by atoms with Crippen LogP contribution in [0, 0.1) is 5.92 Å². The summed E-state index contributed by atoms with van der Waals surface area (Å²) in [6, 6.07) is 16.9. The molecule has 1 aliphatic rings. The fourth-order valence-electron chi connectivity index (χ4n) is 2.96. The van der Waals surface area contributed by atoms with Crippen LogP contribution >= 0.6 is 0 Å². The van der Waals surface area contributed by atoms with E-state index in [-0.39, 0.29) is 11.7 Å². The van der Waals surface area contributed by atoms with Crippen molar-refractivity contribution >= 4 is 23.1 Å². The first-order chi connectivity index (χ1) is 10.7. The highest BCUT2D eigenvalue weighted by molar-refractivity contribution is 6.23. The van der Waals surface area contributed by atoms with E-state index < -0.39 is 5.92 Å². The minimum atomic E-state index is -0.560. The van der Waals surface area contributed by atoms with Crippen molar-refractivity contribution in [2.24, 2.45) is 5.92 Å². The van der Waals surface area contributed by atoms with Crippen molar-refractivity contribution in [3.8, 4) is 0 Å². The summed E-state index contributed by atoms with van der Waals surface area (Å²) in [5, 5.41) is 0. The molecule has 0 saturated carbocycles. The van der Waals surface area contributed by atoms with Crippen molar-refractivity contribution in [1.82, 2.24) is 0 Å². The van der Waals surface area contributed by atoms with Gasteiger partial charge in [-0.1, -0.05) is 50.1 Å². The standard InChI is InChI=1S/C19H19NO2/c1-2-3-11-16-18(21)15-12-7-8-13-17(15)20(19(16)22)14-9-5-4-6-10-14/h4-10,12-13,16H,2-3,11H2,1H3. The maximum absolute atomic E-state index is 12.9. The average Bonchev–Trinajstić information content (AvgIpc) is 2.56. The van der Waals surface area contributed by atoms with Crippen LogP contribution in [0.5, 0.6) is 0 Å². The van der Waals surface area contributed by atoms with E-state index in [1.54, 1.807) is 4.90 Å². The number of rotatable bonds is 4. The number of hydrogen-bond donors (Lipinski definition) is 0. The molecule has 3 nitrogen and oxygen atoms in total. The van der Waals surface area contributed by atoms with Gasteiger partial charge in [-0.2, -0.15) is 0 Å². The maximum atomic E-state index is 12.9. The number of ketones is 1. The lowest BCUT2D eigenvalue weighted by atomic mass is 9.86. The molecular formula is C19H19NO2. The highest BCUT2D eigenvalue weighted by atomic mass is 16.2. The Morgan fingerprint density at radius 3 is 2.36 bits per heavy atom. The van der Waals surface area contributed by atoms with Gasteiger partial charge in [0.05, 0.1) is 5.69 Å². The van der Waals surface area contributed by atoms with Gasteiger partial charge in [0, 0.05) is 11.3 Å². The third-order valence-electron chi connectivity index (χ3n) is 4.11. The van der Waals surface area contributed by atoms with Crippen LogP contribution in [0.15, 0.2) is 54.6 Å². The van der Waals surface area contributed by atoms with Crippen LogP contribution < -0.4 is 4.90 Å². The molecule has 3 rings (SSSR count). The number of anilines is 2. The molecular weight excluding hydrogens is 274 g/mol. The minimum absolute atomic E-state index is 0.0405. The zero-order valence-electron chi connectivity index (χ0n) is 12.7. The van der Waals surface area contributed by atoms with Crippen LogP contribution in [-0.4, -0.2) is 11.7 Å². The highest BCUT2D eigenvalue weighted by Gasteiger charge is 2.39. The molecule has 0 radical (unpaired) electrons. The number of para-hydroxylation sites is 2. The number of unbranched alkanes of at least 4 members (excludes halogenated alkanes) is 1. The number of nitrogens with zero attached hydrogens (tertiary/aromatic N) is 1. The van der Waals surface area contributed by atoms with Crippen molar-refractivity contribution in [3.63, 3.8) is 0 Å². The van der Waals surface area contributed by atoms with Gasteiger partial charge in [0.15, 0.2) is 5.78 Å². The molecule has 0 aromatic heterocycles. The van der Waals surface area contributed by atoms with E-state index in [9.17, 15) is 9.59 Å². The normalized spacial score (nSPS) is 17.5. The quantitative estimate of drug-likeness (QED) is 0.786. The highest BCUT2D eigenvalue weighted by Crippen LogP contribution is 2.37. The van der Waals surface area contributed by atoms with Gasteiger partial charge in [0.1, 0.15) is 5.92 Å². The molecule has 0 spiro atoms. The third kappa shape index (κ3) is 2.43. The molecule has 1 heterocycles. The Morgan fingerprint density at radius 2 is 1.64 bits per heavy atom. The summed E-state index contributed by atoms with van der Waals surface area (Å²) in [6.45, 7) is 2.07. The second-order valence-electron chi connectivity index (χ2n) is 5.59. The third-order valence-corrected chi connectivity index (χ3v) is 4.11. The lowest BCUT2D eigenvalue weighted by molar-refractivity contribution is -0.120. The molecule has 112 valence electrons. The molecule has 2 aromatic carbocycles. The van der Waals surface area contributed by atoms with E-state index in [0.29, 0.717) is 17.7 Å². The summed E-state index contributed by atoms with van der Waals surface area (Å²) >= 11 is 0. The van der Waals surface area contributed by atoms with Gasteiger partial charge in [0.25, 0.3) is 0 Å². The number of hydrogen-bond acceptors (Lipinski definition) is 2. The van der Waals surface area contributed by atoms with Gasteiger partial charge >= 0.3 is 0 Å². The molecule has 2 aromatic rings. The molecule has 0 fully saturated rings. The van der Waals surface area contributed by atoms with Gasteiger partial charge in [-0.3, -0.25) is 14.5 Å². The topological polar surface area (TPSA) is 37.4 Å². The summed E-state index contributed by atoms with van der Waals surface area (Å²) in [5.74, 6) is -0.709. The van der Waals surface area contributed by atoms with Gasteiger partial charge in [-0.05, 0) is 30.7 Å². The molecule has 1 amide bonds. The van der Waals surface area contributed by atoms with Crippen molar-refractivity contribution < 1.29 is 9.59 Å². The van der Waals surface area contributed by atoms with Crippen LogP contribution in [0.1, 0.15) is 36.5 Å². The summed E-state index contributed by atoms with van der Waals surface area (Å²) in [7, 11) is 0. The number of fused-ring (bicyclic) bond motifs is 1. The zero-order chi connectivity index (χ0) is 15.5. The molecule has 1 unspecified atom stereocenters. The van der Waals surface area contributed by atoms with Gasteiger partial charge in [-0.25, -0.2) is 0 Å². The van der Waals surface area contributed by atoms with Crippen LogP contribution in [0.2, 0.25) is 0 Å². The minimum Gasteiger partial charge on any atom is -0.293 e. The van der Waals surface area contributed by atoms with Crippen molar-refractivity contribution in [2.75, 3.05) is 4.90 Å². The van der Waals surface area contributed by atoms with E-state index in [1.807, 2.05) is 54.6 Å². The Balaban J connectivity index is 2.10. The molecule has 0 aliphatic carbocycles. The summed E-state index contributed by atoms with van der Waals surface area (Å²) < 4.78 is 0. The molecule has 1 atom stereocenters. The smallest absolute Gasteiger partial charge is 0.242 e. The van der Waals surface area contributed by atoms with E-state index in [0.717, 1.165) is 18.5 Å². The molecule has 3 heteroatoms. The molecule has 22 heavy (non-hydrogen) atoms. The van der Waals surface area contributed by atoms with Crippen molar-refractivity contribution in [3.05, 3.63) is 60.2 Å². The Kier molecular flexibility index (Phi) is 4.05. The summed E-state index contributed by atoms with van der Waals surface area (Å²) in [4.78, 5) is 27.3. The van der Waals surface area contributed by atoms with E-state index >= 15 is 0 Å². The monoisotopic (exact) mass is 293 g/mol. The van der Waals surface area contributed by atoms with Crippen LogP contribution in [0.4, 0.5) is 11.4 Å².